The lowest BCUT2D eigenvalue weighted by Crippen LogP contribution is -2.40. The van der Waals surface area contributed by atoms with E-state index < -0.39 is 15.9 Å². The Morgan fingerprint density at radius 3 is 2.67 bits per heavy atom. The summed E-state index contributed by atoms with van der Waals surface area (Å²) in [5.41, 5.74) is 8.67. The van der Waals surface area contributed by atoms with Gasteiger partial charge in [0.2, 0.25) is 10.0 Å². The molecule has 9 nitrogen and oxygen atoms in total. The Morgan fingerprint density at radius 1 is 1.24 bits per heavy atom. The highest BCUT2D eigenvalue weighted by atomic mass is 32.2. The SMILES string of the molecule is Cc1nc(C(=O)Nc2cc(-c3cccc(S(=O)(=O)N4CCOCC4)c3)cc(N)c2C=N)cs1. The molecule has 2 heterocycles. The number of hydrogen-bond donors (Lipinski definition) is 3. The summed E-state index contributed by atoms with van der Waals surface area (Å²) in [4.78, 5) is 17.0. The third-order valence-electron chi connectivity index (χ3n) is 5.23. The highest BCUT2D eigenvalue weighted by Gasteiger charge is 2.26. The number of morpholine rings is 1. The van der Waals surface area contributed by atoms with Crippen molar-refractivity contribution in [2.24, 2.45) is 0 Å². The average Bonchev–Trinajstić information content (AvgIpc) is 3.26. The lowest BCUT2D eigenvalue weighted by Gasteiger charge is -2.26. The van der Waals surface area contributed by atoms with Gasteiger partial charge < -0.3 is 21.2 Å². The summed E-state index contributed by atoms with van der Waals surface area (Å²) in [6, 6.07) is 9.90. The fourth-order valence-electron chi connectivity index (χ4n) is 3.53. The Bertz CT molecular complexity index is 1310. The first-order chi connectivity index (χ1) is 15.8. The molecular formula is C22H23N5O4S2. The van der Waals surface area contributed by atoms with E-state index in [9.17, 15) is 13.2 Å². The molecule has 1 aromatic heterocycles. The number of aromatic nitrogens is 1. The molecule has 1 fully saturated rings. The van der Waals surface area contributed by atoms with Gasteiger partial charge in [-0.05, 0) is 42.3 Å². The van der Waals surface area contributed by atoms with Crippen LogP contribution in [-0.4, -0.2) is 56.1 Å². The van der Waals surface area contributed by atoms with Crippen LogP contribution in [0.1, 0.15) is 21.1 Å². The summed E-state index contributed by atoms with van der Waals surface area (Å²) >= 11 is 1.36. The third-order valence-corrected chi connectivity index (χ3v) is 7.90. The smallest absolute Gasteiger partial charge is 0.275 e. The van der Waals surface area contributed by atoms with Gasteiger partial charge in [0.05, 0.1) is 28.8 Å². The van der Waals surface area contributed by atoms with E-state index in [0.29, 0.717) is 48.7 Å². The number of aryl methyl sites for hydroxylation is 1. The van der Waals surface area contributed by atoms with E-state index in [1.165, 1.54) is 15.6 Å². The molecule has 11 heteroatoms. The topological polar surface area (TPSA) is 138 Å². The van der Waals surface area contributed by atoms with E-state index in [-0.39, 0.29) is 16.3 Å². The molecule has 0 atom stereocenters. The van der Waals surface area contributed by atoms with Crippen LogP contribution in [0.5, 0.6) is 0 Å². The molecule has 1 saturated heterocycles. The molecule has 4 rings (SSSR count). The number of rotatable bonds is 6. The number of thiazole rings is 1. The van der Waals surface area contributed by atoms with Crippen LogP contribution in [0.4, 0.5) is 11.4 Å². The van der Waals surface area contributed by atoms with Crippen molar-refractivity contribution < 1.29 is 17.9 Å². The number of anilines is 2. The second kappa shape index (κ2) is 9.40. The van der Waals surface area contributed by atoms with Crippen LogP contribution in [0.25, 0.3) is 11.1 Å². The van der Waals surface area contributed by atoms with Gasteiger partial charge in [-0.15, -0.1) is 11.3 Å². The van der Waals surface area contributed by atoms with E-state index in [2.05, 4.69) is 10.3 Å². The zero-order valence-electron chi connectivity index (χ0n) is 17.9. The second-order valence-corrected chi connectivity index (χ2v) is 10.4. The lowest BCUT2D eigenvalue weighted by atomic mass is 10.0. The molecule has 172 valence electrons. The number of nitrogens with zero attached hydrogens (tertiary/aromatic N) is 2. The maximum Gasteiger partial charge on any atom is 0.275 e. The van der Waals surface area contributed by atoms with E-state index in [1.54, 1.807) is 48.7 Å². The van der Waals surface area contributed by atoms with Crippen molar-refractivity contribution in [1.82, 2.24) is 9.29 Å². The van der Waals surface area contributed by atoms with Crippen molar-refractivity contribution in [2.45, 2.75) is 11.8 Å². The predicted octanol–water partition coefficient (Wildman–Crippen LogP) is 2.97. The van der Waals surface area contributed by atoms with E-state index in [4.69, 9.17) is 15.9 Å². The van der Waals surface area contributed by atoms with E-state index in [0.717, 1.165) is 11.2 Å². The molecule has 0 aliphatic carbocycles. The summed E-state index contributed by atoms with van der Waals surface area (Å²) in [5.74, 6) is -0.414. The first-order valence-electron chi connectivity index (χ1n) is 10.2. The summed E-state index contributed by atoms with van der Waals surface area (Å²) in [7, 11) is -3.67. The van der Waals surface area contributed by atoms with Gasteiger partial charge in [0.15, 0.2) is 0 Å². The Morgan fingerprint density at radius 2 is 2.00 bits per heavy atom. The number of amides is 1. The number of nitrogens with one attached hydrogen (secondary N) is 2. The largest absolute Gasteiger partial charge is 0.398 e. The zero-order chi connectivity index (χ0) is 23.6. The molecular weight excluding hydrogens is 462 g/mol. The molecule has 33 heavy (non-hydrogen) atoms. The van der Waals surface area contributed by atoms with Crippen LogP contribution in [0.15, 0.2) is 46.7 Å². The number of ether oxygens (including phenoxy) is 1. The lowest BCUT2D eigenvalue weighted by molar-refractivity contribution is 0.0730. The van der Waals surface area contributed by atoms with Gasteiger partial charge in [0, 0.05) is 35.9 Å². The monoisotopic (exact) mass is 485 g/mol. The second-order valence-electron chi connectivity index (χ2n) is 7.42. The van der Waals surface area contributed by atoms with Gasteiger partial charge in [-0.25, -0.2) is 13.4 Å². The Hall–Kier alpha value is -3.12. The van der Waals surface area contributed by atoms with Crippen molar-refractivity contribution in [1.29, 1.82) is 5.41 Å². The number of nitrogens with two attached hydrogens (primary N) is 1. The molecule has 4 N–H and O–H groups in total. The molecule has 1 amide bonds. The van der Waals surface area contributed by atoms with Crippen LogP contribution in [0, 0.1) is 12.3 Å². The fraction of sp³-hybridized carbons (Fsp3) is 0.227. The highest BCUT2D eigenvalue weighted by molar-refractivity contribution is 7.89. The van der Waals surface area contributed by atoms with Crippen molar-refractivity contribution in [3.05, 3.63) is 58.0 Å². The van der Waals surface area contributed by atoms with E-state index in [1.807, 2.05) is 0 Å². The number of carbonyl (C=O) groups excluding carboxylic acids is 1. The number of carbonyl (C=O) groups is 1. The Kier molecular flexibility index (Phi) is 6.56. The van der Waals surface area contributed by atoms with Gasteiger partial charge in [-0.2, -0.15) is 4.31 Å². The fourth-order valence-corrected chi connectivity index (χ4v) is 5.58. The minimum Gasteiger partial charge on any atom is -0.398 e. The van der Waals surface area contributed by atoms with Gasteiger partial charge in [-0.3, -0.25) is 4.79 Å². The van der Waals surface area contributed by atoms with Crippen LogP contribution in [0.2, 0.25) is 0 Å². The van der Waals surface area contributed by atoms with Crippen LogP contribution in [-0.2, 0) is 14.8 Å². The molecule has 2 aromatic carbocycles. The normalized spacial score (nSPS) is 14.7. The van der Waals surface area contributed by atoms with Gasteiger partial charge in [0.1, 0.15) is 5.69 Å². The molecule has 0 saturated carbocycles. The number of hydrogen-bond acceptors (Lipinski definition) is 8. The standard InChI is InChI=1S/C22H23N5O4S2/c1-14-25-21(13-32-14)22(28)26-20-11-16(10-19(24)18(20)12-23)15-3-2-4-17(9-15)33(29,30)27-5-7-31-8-6-27/h2-4,9-13,23H,5-8,24H2,1H3,(H,26,28). The molecule has 0 unspecified atom stereocenters. The van der Waals surface area contributed by atoms with Crippen LogP contribution in [0.3, 0.4) is 0 Å². The summed E-state index contributed by atoms with van der Waals surface area (Å²) in [5, 5.41) is 12.9. The molecule has 3 aromatic rings. The molecule has 1 aliphatic heterocycles. The summed E-state index contributed by atoms with van der Waals surface area (Å²) < 4.78 is 32.8. The molecule has 0 radical (unpaired) electrons. The van der Waals surface area contributed by atoms with Crippen molar-refractivity contribution in [2.75, 3.05) is 37.4 Å². The molecule has 1 aliphatic rings. The first kappa shape index (κ1) is 23.1. The molecule has 0 bridgehead atoms. The summed E-state index contributed by atoms with van der Waals surface area (Å²) in [6.07, 6.45) is 1.07. The quantitative estimate of drug-likeness (QED) is 0.362. The maximum atomic E-state index is 13.1. The zero-order valence-corrected chi connectivity index (χ0v) is 19.5. The van der Waals surface area contributed by atoms with Crippen molar-refractivity contribution >= 4 is 44.9 Å². The molecule has 0 spiro atoms. The maximum absolute atomic E-state index is 13.1. The van der Waals surface area contributed by atoms with Gasteiger partial charge in [0.25, 0.3) is 5.91 Å². The van der Waals surface area contributed by atoms with Crippen LogP contribution < -0.4 is 11.1 Å². The highest BCUT2D eigenvalue weighted by Crippen LogP contribution is 2.32. The third kappa shape index (κ3) is 4.81. The summed E-state index contributed by atoms with van der Waals surface area (Å²) in [6.45, 7) is 3.14. The van der Waals surface area contributed by atoms with Crippen molar-refractivity contribution in [3.63, 3.8) is 0 Å². The number of benzene rings is 2. The van der Waals surface area contributed by atoms with E-state index >= 15 is 0 Å². The van der Waals surface area contributed by atoms with Gasteiger partial charge >= 0.3 is 0 Å². The van der Waals surface area contributed by atoms with Crippen molar-refractivity contribution in [3.8, 4) is 11.1 Å². The number of nitrogen functional groups attached to an aromatic ring is 1. The average molecular weight is 486 g/mol. The predicted molar refractivity (Wildman–Crippen MR) is 129 cm³/mol. The Labute approximate surface area is 195 Å². The van der Waals surface area contributed by atoms with Crippen LogP contribution >= 0.6 is 11.3 Å². The minimum atomic E-state index is -3.67. The van der Waals surface area contributed by atoms with Gasteiger partial charge in [-0.1, -0.05) is 12.1 Å². The first-order valence-corrected chi connectivity index (χ1v) is 12.5. The Balaban J connectivity index is 1.70. The minimum absolute atomic E-state index is 0.167. The number of sulfonamides is 1.